The van der Waals surface area contributed by atoms with Crippen LogP contribution in [0.5, 0.6) is 0 Å². The summed E-state index contributed by atoms with van der Waals surface area (Å²) in [5, 5.41) is 4.18. The number of carbonyl (C=O) groups is 1. The summed E-state index contributed by atoms with van der Waals surface area (Å²) in [7, 11) is 3.51. The fraction of sp³-hybridized carbons (Fsp3) is 0.333. The summed E-state index contributed by atoms with van der Waals surface area (Å²) in [5.74, 6) is -0.117. The number of hydrogen-bond acceptors (Lipinski definition) is 3. The molecule has 0 aliphatic heterocycles. The van der Waals surface area contributed by atoms with E-state index in [1.54, 1.807) is 30.6 Å². The summed E-state index contributed by atoms with van der Waals surface area (Å²) in [6.07, 6.45) is 0. The lowest BCUT2D eigenvalue weighted by Gasteiger charge is -2.18. The fourth-order valence-electron chi connectivity index (χ4n) is 2.22. The van der Waals surface area contributed by atoms with E-state index < -0.39 is 0 Å². The second-order valence-corrected chi connectivity index (χ2v) is 5.06. The van der Waals surface area contributed by atoms with Gasteiger partial charge in [0.25, 0.3) is 5.91 Å². The minimum atomic E-state index is -0.117. The normalized spacial score (nSPS) is 10.6. The highest BCUT2D eigenvalue weighted by molar-refractivity contribution is 5.97. The lowest BCUT2D eigenvalue weighted by atomic mass is 10.1. The third-order valence-corrected chi connectivity index (χ3v) is 3.49. The molecule has 106 valence electrons. The molecule has 5 heteroatoms. The first-order chi connectivity index (χ1) is 9.41. The highest BCUT2D eigenvalue weighted by atomic mass is 16.2. The Hall–Kier alpha value is -2.30. The van der Waals surface area contributed by atoms with Gasteiger partial charge in [-0.05, 0) is 25.0 Å². The molecule has 1 heterocycles. The van der Waals surface area contributed by atoms with E-state index in [4.69, 9.17) is 5.73 Å². The molecule has 0 spiro atoms. The minimum absolute atomic E-state index is 0.117. The third kappa shape index (κ3) is 2.52. The van der Waals surface area contributed by atoms with Crippen molar-refractivity contribution in [2.24, 2.45) is 7.05 Å². The molecule has 0 bridgehead atoms. The van der Waals surface area contributed by atoms with Crippen LogP contribution in [0.3, 0.4) is 0 Å². The number of anilines is 1. The van der Waals surface area contributed by atoms with Gasteiger partial charge in [-0.2, -0.15) is 5.10 Å². The summed E-state index contributed by atoms with van der Waals surface area (Å²) >= 11 is 0. The molecule has 0 aliphatic rings. The van der Waals surface area contributed by atoms with E-state index in [2.05, 4.69) is 5.10 Å². The van der Waals surface area contributed by atoms with Gasteiger partial charge in [-0.3, -0.25) is 9.48 Å². The van der Waals surface area contributed by atoms with Crippen LogP contribution in [-0.4, -0.2) is 27.6 Å². The standard InChI is InChI=1S/C15H20N4O/c1-10-7-5-6-8-12(10)9-18(3)15(20)14-13(16)11(2)17-19(14)4/h5-8H,9,16H2,1-4H3. The Morgan fingerprint density at radius 2 is 2.00 bits per heavy atom. The molecular weight excluding hydrogens is 252 g/mol. The first kappa shape index (κ1) is 14.1. The number of amides is 1. The highest BCUT2D eigenvalue weighted by Gasteiger charge is 2.21. The number of carbonyl (C=O) groups excluding carboxylic acids is 1. The number of hydrogen-bond donors (Lipinski definition) is 1. The molecule has 0 aliphatic carbocycles. The van der Waals surface area contributed by atoms with E-state index in [1.165, 1.54) is 5.56 Å². The van der Waals surface area contributed by atoms with Gasteiger partial charge in [-0.25, -0.2) is 0 Å². The smallest absolute Gasteiger partial charge is 0.274 e. The van der Waals surface area contributed by atoms with Crippen LogP contribution >= 0.6 is 0 Å². The Bertz CT molecular complexity index is 645. The topological polar surface area (TPSA) is 64.2 Å². The van der Waals surface area contributed by atoms with Crippen molar-refractivity contribution < 1.29 is 4.79 Å². The Morgan fingerprint density at radius 1 is 1.35 bits per heavy atom. The molecule has 0 saturated carbocycles. The quantitative estimate of drug-likeness (QED) is 0.928. The molecule has 1 amide bonds. The summed E-state index contributed by atoms with van der Waals surface area (Å²) in [5.41, 5.74) is 9.80. The Balaban J connectivity index is 2.23. The summed E-state index contributed by atoms with van der Waals surface area (Å²) in [4.78, 5) is 14.2. The van der Waals surface area contributed by atoms with Gasteiger partial charge >= 0.3 is 0 Å². The van der Waals surface area contributed by atoms with E-state index >= 15 is 0 Å². The van der Waals surface area contributed by atoms with Crippen molar-refractivity contribution in [3.8, 4) is 0 Å². The van der Waals surface area contributed by atoms with Crippen molar-refractivity contribution in [3.05, 3.63) is 46.8 Å². The molecule has 2 N–H and O–H groups in total. The van der Waals surface area contributed by atoms with Crippen molar-refractivity contribution in [1.29, 1.82) is 0 Å². The SMILES string of the molecule is Cc1ccccc1CN(C)C(=O)c1c(N)c(C)nn1C. The van der Waals surface area contributed by atoms with E-state index in [0.29, 0.717) is 23.6 Å². The van der Waals surface area contributed by atoms with Crippen LogP contribution in [0, 0.1) is 13.8 Å². The van der Waals surface area contributed by atoms with Crippen LogP contribution in [0.1, 0.15) is 27.3 Å². The monoisotopic (exact) mass is 272 g/mol. The second-order valence-electron chi connectivity index (χ2n) is 5.06. The zero-order chi connectivity index (χ0) is 14.9. The molecule has 2 aromatic rings. The molecule has 1 aromatic carbocycles. The molecule has 0 atom stereocenters. The van der Waals surface area contributed by atoms with Gasteiger partial charge in [0.1, 0.15) is 5.69 Å². The maximum absolute atomic E-state index is 12.5. The predicted octanol–water partition coefficient (Wildman–Crippen LogP) is 1.89. The van der Waals surface area contributed by atoms with Gasteiger partial charge in [0.05, 0.1) is 11.4 Å². The maximum Gasteiger partial charge on any atom is 0.274 e. The molecule has 20 heavy (non-hydrogen) atoms. The molecular formula is C15H20N4O. The molecule has 2 rings (SSSR count). The largest absolute Gasteiger partial charge is 0.395 e. The summed E-state index contributed by atoms with van der Waals surface area (Å²) in [6, 6.07) is 8.03. The number of benzene rings is 1. The van der Waals surface area contributed by atoms with Gasteiger partial charge < -0.3 is 10.6 Å². The third-order valence-electron chi connectivity index (χ3n) is 3.49. The van der Waals surface area contributed by atoms with E-state index in [9.17, 15) is 4.79 Å². The number of aryl methyl sites for hydroxylation is 3. The number of nitrogens with zero attached hydrogens (tertiary/aromatic N) is 3. The fourth-order valence-corrected chi connectivity index (χ4v) is 2.22. The Morgan fingerprint density at radius 3 is 2.55 bits per heavy atom. The Labute approximate surface area is 119 Å². The summed E-state index contributed by atoms with van der Waals surface area (Å²) < 4.78 is 1.54. The van der Waals surface area contributed by atoms with Crippen LogP contribution in [0.2, 0.25) is 0 Å². The zero-order valence-corrected chi connectivity index (χ0v) is 12.3. The van der Waals surface area contributed by atoms with Gasteiger partial charge in [0.15, 0.2) is 0 Å². The molecule has 1 aromatic heterocycles. The lowest BCUT2D eigenvalue weighted by molar-refractivity contribution is 0.0775. The maximum atomic E-state index is 12.5. The lowest BCUT2D eigenvalue weighted by Crippen LogP contribution is -2.29. The first-order valence-corrected chi connectivity index (χ1v) is 6.51. The average Bonchev–Trinajstić information content (AvgIpc) is 2.65. The minimum Gasteiger partial charge on any atom is -0.395 e. The molecule has 0 unspecified atom stereocenters. The Kier molecular flexibility index (Phi) is 3.79. The number of nitrogens with two attached hydrogens (primary N) is 1. The molecule has 0 fully saturated rings. The molecule has 0 saturated heterocycles. The summed E-state index contributed by atoms with van der Waals surface area (Å²) in [6.45, 7) is 4.39. The van der Waals surface area contributed by atoms with Crippen LogP contribution in [0.25, 0.3) is 0 Å². The van der Waals surface area contributed by atoms with Crippen LogP contribution < -0.4 is 5.73 Å². The van der Waals surface area contributed by atoms with Crippen LogP contribution in [0.15, 0.2) is 24.3 Å². The van der Waals surface area contributed by atoms with Gasteiger partial charge in [-0.1, -0.05) is 24.3 Å². The van der Waals surface area contributed by atoms with Crippen molar-refractivity contribution in [2.45, 2.75) is 20.4 Å². The molecule has 0 radical (unpaired) electrons. The van der Waals surface area contributed by atoms with Gasteiger partial charge in [0, 0.05) is 20.6 Å². The van der Waals surface area contributed by atoms with Crippen LogP contribution in [-0.2, 0) is 13.6 Å². The van der Waals surface area contributed by atoms with Gasteiger partial charge in [0.2, 0.25) is 0 Å². The van der Waals surface area contributed by atoms with Crippen molar-refractivity contribution >= 4 is 11.6 Å². The first-order valence-electron chi connectivity index (χ1n) is 6.51. The number of rotatable bonds is 3. The van der Waals surface area contributed by atoms with E-state index in [-0.39, 0.29) is 5.91 Å². The van der Waals surface area contributed by atoms with Crippen molar-refractivity contribution in [3.63, 3.8) is 0 Å². The van der Waals surface area contributed by atoms with Crippen molar-refractivity contribution in [2.75, 3.05) is 12.8 Å². The van der Waals surface area contributed by atoms with Crippen molar-refractivity contribution in [1.82, 2.24) is 14.7 Å². The zero-order valence-electron chi connectivity index (χ0n) is 12.3. The van der Waals surface area contributed by atoms with Crippen LogP contribution in [0.4, 0.5) is 5.69 Å². The number of nitrogen functional groups attached to an aromatic ring is 1. The second kappa shape index (κ2) is 5.36. The van der Waals surface area contributed by atoms with E-state index in [1.807, 2.05) is 31.2 Å². The predicted molar refractivity (Wildman–Crippen MR) is 79.3 cm³/mol. The number of aromatic nitrogens is 2. The molecule has 5 nitrogen and oxygen atoms in total. The van der Waals surface area contributed by atoms with E-state index in [0.717, 1.165) is 5.56 Å². The highest BCUT2D eigenvalue weighted by Crippen LogP contribution is 2.18. The van der Waals surface area contributed by atoms with Gasteiger partial charge in [-0.15, -0.1) is 0 Å². The average molecular weight is 272 g/mol.